The molecule has 0 nitrogen and oxygen atoms in total. The van der Waals surface area contributed by atoms with Crippen LogP contribution in [0.4, 0.5) is 0 Å². The van der Waals surface area contributed by atoms with Gasteiger partial charge in [-0.1, -0.05) is 0 Å². The Hall–Kier alpha value is -0.781. The molecule has 0 unspecified atom stereocenters. The second-order valence-corrected chi connectivity index (χ2v) is 10.7. The van der Waals surface area contributed by atoms with Crippen LogP contribution in [-0.4, -0.2) is 29.9 Å². The average Bonchev–Trinajstić information content (AvgIpc) is 2.59. The van der Waals surface area contributed by atoms with Crippen LogP contribution in [0, 0.1) is 13.8 Å². The van der Waals surface area contributed by atoms with E-state index in [9.17, 15) is 0 Å². The fourth-order valence-electron chi connectivity index (χ4n) is 2.37. The summed E-state index contributed by atoms with van der Waals surface area (Å²) < 4.78 is 4.68. The second kappa shape index (κ2) is 11.0. The first kappa shape index (κ1) is 19.5. The number of rotatable bonds is 9. The molecule has 0 bridgehead atoms. The molecule has 0 spiro atoms. The van der Waals surface area contributed by atoms with Crippen LogP contribution in [-0.2, 0) is 0 Å². The van der Waals surface area contributed by atoms with Crippen molar-refractivity contribution in [2.24, 2.45) is 0 Å². The van der Waals surface area contributed by atoms with Crippen LogP contribution < -0.4 is 8.92 Å². The summed E-state index contributed by atoms with van der Waals surface area (Å²) in [6, 6.07) is 18.2. The molecule has 0 saturated carbocycles. The molecule has 0 radical (unpaired) electrons. The van der Waals surface area contributed by atoms with E-state index in [1.807, 2.05) is 0 Å². The standard InChI is InChI=1S/C22H28Se2/c1-4-5-6-7-8-22(24-21-15-11-19(3)12-16-21)17-23-20-13-9-18(2)10-14-20/h9-17H,4-8H2,1-3H3/b22-17+. The molecule has 128 valence electrons. The molecule has 0 aromatic heterocycles. The predicted molar refractivity (Wildman–Crippen MR) is 110 cm³/mol. The van der Waals surface area contributed by atoms with Crippen LogP contribution in [0.25, 0.3) is 0 Å². The Bertz CT molecular complexity index is 624. The van der Waals surface area contributed by atoms with Crippen molar-refractivity contribution in [1.29, 1.82) is 0 Å². The van der Waals surface area contributed by atoms with Gasteiger partial charge in [-0.2, -0.15) is 0 Å². The maximum atomic E-state index is 2.56. The van der Waals surface area contributed by atoms with Crippen molar-refractivity contribution in [1.82, 2.24) is 0 Å². The molecular weight excluding hydrogens is 422 g/mol. The summed E-state index contributed by atoms with van der Waals surface area (Å²) >= 11 is 0.937. The fourth-order valence-corrected chi connectivity index (χ4v) is 6.67. The van der Waals surface area contributed by atoms with Crippen molar-refractivity contribution in [3.8, 4) is 0 Å². The maximum absolute atomic E-state index is 2.56. The summed E-state index contributed by atoms with van der Waals surface area (Å²) in [5.74, 6) is 0. The molecular formula is C22H28Se2. The van der Waals surface area contributed by atoms with E-state index in [0.717, 1.165) is 0 Å². The fraction of sp³-hybridized carbons (Fsp3) is 0.364. The Kier molecular flexibility index (Phi) is 8.92. The molecule has 2 aromatic carbocycles. The SMILES string of the molecule is CCCCCC/C(=C\[Se]c1ccc(C)cc1)[Se]c1ccc(C)cc1. The summed E-state index contributed by atoms with van der Waals surface area (Å²) in [5.41, 5.74) is 2.70. The van der Waals surface area contributed by atoms with E-state index in [1.165, 1.54) is 52.2 Å². The molecule has 0 atom stereocenters. The topological polar surface area (TPSA) is 0 Å². The molecule has 2 heteroatoms. The van der Waals surface area contributed by atoms with Gasteiger partial charge in [0.25, 0.3) is 0 Å². The summed E-state index contributed by atoms with van der Waals surface area (Å²) in [6.45, 7) is 6.61. The number of unbranched alkanes of at least 4 members (excludes halogenated alkanes) is 3. The number of allylic oxidation sites excluding steroid dienone is 1. The van der Waals surface area contributed by atoms with Gasteiger partial charge in [-0.25, -0.2) is 0 Å². The van der Waals surface area contributed by atoms with Crippen molar-refractivity contribution in [3.05, 3.63) is 69.1 Å². The molecule has 2 rings (SSSR count). The first-order chi connectivity index (χ1) is 11.7. The summed E-state index contributed by atoms with van der Waals surface area (Å²) in [7, 11) is 0. The molecule has 0 N–H and O–H groups in total. The van der Waals surface area contributed by atoms with Crippen LogP contribution >= 0.6 is 0 Å². The Morgan fingerprint density at radius 3 is 1.96 bits per heavy atom. The molecule has 2 aromatic rings. The Morgan fingerprint density at radius 1 is 0.792 bits per heavy atom. The van der Waals surface area contributed by atoms with Gasteiger partial charge >= 0.3 is 161 Å². The number of aryl methyl sites for hydroxylation is 2. The van der Waals surface area contributed by atoms with E-state index < -0.39 is 0 Å². The van der Waals surface area contributed by atoms with Gasteiger partial charge in [0.15, 0.2) is 0 Å². The Morgan fingerprint density at radius 2 is 1.38 bits per heavy atom. The predicted octanol–water partition coefficient (Wildman–Crippen LogP) is 4.47. The molecule has 0 saturated heterocycles. The Labute approximate surface area is 160 Å². The molecule has 0 amide bonds. The molecule has 24 heavy (non-hydrogen) atoms. The zero-order chi connectivity index (χ0) is 17.2. The molecule has 0 aliphatic carbocycles. The van der Waals surface area contributed by atoms with E-state index in [4.69, 9.17) is 0 Å². The molecule has 0 aliphatic rings. The first-order valence-corrected chi connectivity index (χ1v) is 12.4. The Balaban J connectivity index is 2.01. The number of hydrogen-bond donors (Lipinski definition) is 0. The molecule has 0 aliphatic heterocycles. The van der Waals surface area contributed by atoms with Gasteiger partial charge in [0.05, 0.1) is 0 Å². The summed E-state index contributed by atoms with van der Waals surface area (Å²) in [4.78, 5) is 2.56. The van der Waals surface area contributed by atoms with Gasteiger partial charge in [-0.15, -0.1) is 0 Å². The quantitative estimate of drug-likeness (QED) is 0.391. The monoisotopic (exact) mass is 452 g/mol. The van der Waals surface area contributed by atoms with Crippen molar-refractivity contribution >= 4 is 38.8 Å². The first-order valence-electron chi connectivity index (χ1n) is 8.84. The average molecular weight is 450 g/mol. The van der Waals surface area contributed by atoms with Gasteiger partial charge in [-0.05, 0) is 0 Å². The van der Waals surface area contributed by atoms with E-state index in [0.29, 0.717) is 29.9 Å². The van der Waals surface area contributed by atoms with Crippen molar-refractivity contribution < 1.29 is 0 Å². The minimum absolute atomic E-state index is 0.459. The zero-order valence-electron chi connectivity index (χ0n) is 15.0. The second-order valence-electron chi connectivity index (χ2n) is 6.24. The van der Waals surface area contributed by atoms with Gasteiger partial charge in [0.1, 0.15) is 0 Å². The van der Waals surface area contributed by atoms with E-state index >= 15 is 0 Å². The van der Waals surface area contributed by atoms with E-state index in [2.05, 4.69) is 74.3 Å². The summed E-state index contributed by atoms with van der Waals surface area (Å²) in [6.07, 6.45) is 6.68. The van der Waals surface area contributed by atoms with Crippen molar-refractivity contribution in [2.75, 3.05) is 0 Å². The third-order valence-corrected chi connectivity index (χ3v) is 8.93. The van der Waals surface area contributed by atoms with Crippen LogP contribution in [0.15, 0.2) is 58.0 Å². The normalized spacial score (nSPS) is 11.7. The molecule has 0 heterocycles. The van der Waals surface area contributed by atoms with Gasteiger partial charge in [0.2, 0.25) is 0 Å². The van der Waals surface area contributed by atoms with Crippen molar-refractivity contribution in [3.63, 3.8) is 0 Å². The molecule has 0 fully saturated rings. The van der Waals surface area contributed by atoms with Gasteiger partial charge in [-0.3, -0.25) is 0 Å². The van der Waals surface area contributed by atoms with Crippen LogP contribution in [0.1, 0.15) is 50.2 Å². The minimum atomic E-state index is 0.459. The van der Waals surface area contributed by atoms with Crippen LogP contribution in [0.5, 0.6) is 0 Å². The third kappa shape index (κ3) is 7.41. The van der Waals surface area contributed by atoms with E-state index in [1.54, 1.807) is 4.47 Å². The van der Waals surface area contributed by atoms with Crippen LogP contribution in [0.3, 0.4) is 0 Å². The van der Waals surface area contributed by atoms with Gasteiger partial charge in [0, 0.05) is 0 Å². The zero-order valence-corrected chi connectivity index (χ0v) is 18.5. The number of benzene rings is 2. The van der Waals surface area contributed by atoms with Crippen molar-refractivity contribution in [2.45, 2.75) is 52.9 Å². The third-order valence-electron chi connectivity index (χ3n) is 3.89. The van der Waals surface area contributed by atoms with Gasteiger partial charge < -0.3 is 0 Å². The van der Waals surface area contributed by atoms with Crippen LogP contribution in [0.2, 0.25) is 0 Å². The van der Waals surface area contributed by atoms with E-state index in [-0.39, 0.29) is 0 Å². The summed E-state index contributed by atoms with van der Waals surface area (Å²) in [5, 5.41) is 0. The number of hydrogen-bond acceptors (Lipinski definition) is 0.